The molecule has 0 saturated heterocycles. The summed E-state index contributed by atoms with van der Waals surface area (Å²) in [7, 11) is -4.35. The Morgan fingerprint density at radius 3 is 2.26 bits per heavy atom. The minimum absolute atomic E-state index is 0.0891. The van der Waals surface area contributed by atoms with Gasteiger partial charge in [0.1, 0.15) is 17.3 Å². The van der Waals surface area contributed by atoms with Gasteiger partial charge in [-0.25, -0.2) is 23.1 Å². The molecule has 0 bridgehead atoms. The van der Waals surface area contributed by atoms with Gasteiger partial charge in [-0.1, -0.05) is 31.5 Å². The van der Waals surface area contributed by atoms with Gasteiger partial charge in [0.05, 0.1) is 24.3 Å². The van der Waals surface area contributed by atoms with Gasteiger partial charge in [0.25, 0.3) is 0 Å². The van der Waals surface area contributed by atoms with Crippen LogP contribution < -0.4 is 15.2 Å². The van der Waals surface area contributed by atoms with Crippen LogP contribution in [0.1, 0.15) is 49.9 Å². The molecule has 0 aliphatic carbocycles. The number of esters is 3. The monoisotopic (exact) mass is 564 g/mol. The lowest BCUT2D eigenvalue weighted by molar-refractivity contribution is -0.158. The molecule has 0 heterocycles. The first-order valence-electron chi connectivity index (χ1n) is 12.2. The number of anilines is 1. The van der Waals surface area contributed by atoms with Crippen molar-refractivity contribution in [3.8, 4) is 11.5 Å². The van der Waals surface area contributed by atoms with Crippen LogP contribution >= 0.6 is 0 Å². The highest BCUT2D eigenvalue weighted by atomic mass is 32.2. The molecular formula is C26H32N2O10S. The minimum atomic E-state index is -4.35. The third-order valence-electron chi connectivity index (χ3n) is 5.03. The fraction of sp³-hybridized carbons (Fsp3) is 0.385. The summed E-state index contributed by atoms with van der Waals surface area (Å²) in [6.07, 6.45) is 0.971. The standard InChI is InChI=1S/C26H32N2O10S/c1-3-5-13-28-21-14-18(15-22(39(27,33)34)25(21)38-20-9-7-6-8-10-20)26(32)37-16-19(29)11-12-23(30)36-17-24(31)35-4-2/h6-10,14-15,28H,3-5,11-13,16-17H2,1-2H3,(H2,27,33,34). The number of para-hydroxylation sites is 1. The zero-order valence-corrected chi connectivity index (χ0v) is 22.6. The SMILES string of the molecule is CCCCNc1cc(C(=O)OCC(=O)CCC(=O)OCC(=O)OCC)cc(S(N)(=O)=O)c1Oc1ccccc1. The van der Waals surface area contributed by atoms with Gasteiger partial charge in [0, 0.05) is 13.0 Å². The van der Waals surface area contributed by atoms with Crippen molar-refractivity contribution in [3.63, 3.8) is 0 Å². The Morgan fingerprint density at radius 2 is 1.62 bits per heavy atom. The van der Waals surface area contributed by atoms with E-state index in [4.69, 9.17) is 19.3 Å². The zero-order valence-electron chi connectivity index (χ0n) is 21.8. The van der Waals surface area contributed by atoms with Crippen molar-refractivity contribution in [1.82, 2.24) is 0 Å². The number of ketones is 1. The Balaban J connectivity index is 2.15. The van der Waals surface area contributed by atoms with Crippen LogP contribution in [0.15, 0.2) is 47.4 Å². The molecule has 0 fully saturated rings. The molecule has 0 aromatic heterocycles. The number of carbonyl (C=O) groups excluding carboxylic acids is 4. The highest BCUT2D eigenvalue weighted by molar-refractivity contribution is 7.89. The van der Waals surface area contributed by atoms with Gasteiger partial charge in [0.2, 0.25) is 10.0 Å². The summed E-state index contributed by atoms with van der Waals surface area (Å²) >= 11 is 0. The molecule has 0 aliphatic rings. The van der Waals surface area contributed by atoms with Gasteiger partial charge < -0.3 is 24.3 Å². The number of primary sulfonamides is 1. The van der Waals surface area contributed by atoms with Crippen molar-refractivity contribution in [2.45, 2.75) is 44.4 Å². The third-order valence-corrected chi connectivity index (χ3v) is 5.95. The second kappa shape index (κ2) is 15.4. The number of hydrogen-bond acceptors (Lipinski definition) is 11. The quantitative estimate of drug-likeness (QED) is 0.174. The van der Waals surface area contributed by atoms with Crippen LogP contribution in [0.25, 0.3) is 0 Å². The van der Waals surface area contributed by atoms with Crippen LogP contribution in [0.5, 0.6) is 11.5 Å². The summed E-state index contributed by atoms with van der Waals surface area (Å²) < 4.78 is 45.1. The Bertz CT molecular complexity index is 1260. The molecule has 2 rings (SSSR count). The summed E-state index contributed by atoms with van der Waals surface area (Å²) in [5, 5.41) is 8.50. The molecular weight excluding hydrogens is 532 g/mol. The van der Waals surface area contributed by atoms with E-state index in [9.17, 15) is 27.6 Å². The topological polar surface area (TPSA) is 177 Å². The fourth-order valence-electron chi connectivity index (χ4n) is 3.13. The van der Waals surface area contributed by atoms with Crippen LogP contribution in [0, 0.1) is 0 Å². The molecule has 0 unspecified atom stereocenters. The van der Waals surface area contributed by atoms with E-state index in [-0.39, 0.29) is 36.4 Å². The lowest BCUT2D eigenvalue weighted by atomic mass is 10.1. The van der Waals surface area contributed by atoms with Crippen molar-refractivity contribution < 1.29 is 46.5 Å². The molecule has 0 saturated carbocycles. The number of nitrogens with one attached hydrogen (secondary N) is 1. The Morgan fingerprint density at radius 1 is 0.897 bits per heavy atom. The molecule has 212 valence electrons. The third kappa shape index (κ3) is 10.7. The van der Waals surface area contributed by atoms with E-state index in [1.807, 2.05) is 6.92 Å². The first-order valence-corrected chi connectivity index (χ1v) is 13.8. The van der Waals surface area contributed by atoms with Crippen molar-refractivity contribution in [1.29, 1.82) is 0 Å². The van der Waals surface area contributed by atoms with E-state index in [0.717, 1.165) is 18.9 Å². The number of ether oxygens (including phenoxy) is 4. The fourth-order valence-corrected chi connectivity index (χ4v) is 3.83. The van der Waals surface area contributed by atoms with E-state index >= 15 is 0 Å². The molecule has 0 amide bonds. The van der Waals surface area contributed by atoms with Gasteiger partial charge in [0.15, 0.2) is 18.1 Å². The first kappa shape index (κ1) is 31.2. The molecule has 3 N–H and O–H groups in total. The highest BCUT2D eigenvalue weighted by Gasteiger charge is 2.24. The van der Waals surface area contributed by atoms with E-state index < -0.39 is 51.8 Å². The second-order valence-electron chi connectivity index (χ2n) is 8.17. The molecule has 0 atom stereocenters. The molecule has 0 spiro atoms. The van der Waals surface area contributed by atoms with Crippen molar-refractivity contribution in [2.24, 2.45) is 5.14 Å². The average Bonchev–Trinajstić information content (AvgIpc) is 2.90. The molecule has 39 heavy (non-hydrogen) atoms. The van der Waals surface area contributed by atoms with Crippen molar-refractivity contribution in [2.75, 3.05) is 31.7 Å². The minimum Gasteiger partial charge on any atom is -0.463 e. The second-order valence-corrected chi connectivity index (χ2v) is 9.70. The summed E-state index contributed by atoms with van der Waals surface area (Å²) in [6, 6.07) is 10.8. The van der Waals surface area contributed by atoms with Crippen molar-refractivity contribution >= 4 is 39.4 Å². The maximum absolute atomic E-state index is 12.7. The van der Waals surface area contributed by atoms with Gasteiger partial charge in [-0.3, -0.25) is 9.59 Å². The lowest BCUT2D eigenvalue weighted by Gasteiger charge is -2.17. The van der Waals surface area contributed by atoms with E-state index in [2.05, 4.69) is 10.1 Å². The number of carbonyl (C=O) groups is 4. The Kier molecular flexibility index (Phi) is 12.4. The van der Waals surface area contributed by atoms with Crippen LogP contribution in [0.4, 0.5) is 5.69 Å². The van der Waals surface area contributed by atoms with Gasteiger partial charge in [-0.05, 0) is 37.6 Å². The smallest absolute Gasteiger partial charge is 0.344 e. The van der Waals surface area contributed by atoms with Gasteiger partial charge >= 0.3 is 17.9 Å². The Labute approximate surface area is 226 Å². The molecule has 2 aromatic rings. The number of benzene rings is 2. The number of nitrogens with two attached hydrogens (primary N) is 1. The highest BCUT2D eigenvalue weighted by Crippen LogP contribution is 2.37. The normalized spacial score (nSPS) is 10.8. The lowest BCUT2D eigenvalue weighted by Crippen LogP contribution is -2.19. The first-order chi connectivity index (χ1) is 18.5. The zero-order chi connectivity index (χ0) is 28.8. The number of hydrogen-bond donors (Lipinski definition) is 2. The average molecular weight is 565 g/mol. The number of sulfonamides is 1. The molecule has 0 radical (unpaired) electrons. The van der Waals surface area contributed by atoms with Gasteiger partial charge in [-0.2, -0.15) is 0 Å². The number of Topliss-reactive ketones (excluding diaryl/α,β-unsaturated/α-hetero) is 1. The Hall–Kier alpha value is -3.97. The largest absolute Gasteiger partial charge is 0.463 e. The summed E-state index contributed by atoms with van der Waals surface area (Å²) in [5.74, 6) is -2.82. The van der Waals surface area contributed by atoms with Crippen LogP contribution in [-0.4, -0.2) is 58.5 Å². The number of unbranched alkanes of at least 4 members (excludes halogenated alkanes) is 1. The predicted molar refractivity (Wildman–Crippen MR) is 140 cm³/mol. The van der Waals surface area contributed by atoms with Crippen LogP contribution in [0.2, 0.25) is 0 Å². The summed E-state index contributed by atoms with van der Waals surface area (Å²) in [5.41, 5.74) is 0.0153. The number of rotatable bonds is 16. The maximum atomic E-state index is 12.7. The molecule has 2 aromatic carbocycles. The molecule has 13 heteroatoms. The van der Waals surface area contributed by atoms with Gasteiger partial charge in [-0.15, -0.1) is 0 Å². The summed E-state index contributed by atoms with van der Waals surface area (Å²) in [6.45, 7) is 2.93. The van der Waals surface area contributed by atoms with E-state index in [1.165, 1.54) is 6.07 Å². The predicted octanol–water partition coefficient (Wildman–Crippen LogP) is 2.95. The van der Waals surface area contributed by atoms with Crippen LogP contribution in [0.3, 0.4) is 0 Å². The van der Waals surface area contributed by atoms with Crippen molar-refractivity contribution in [3.05, 3.63) is 48.0 Å². The van der Waals surface area contributed by atoms with E-state index in [0.29, 0.717) is 12.3 Å². The van der Waals surface area contributed by atoms with Crippen LogP contribution in [-0.2, 0) is 38.6 Å². The molecule has 12 nitrogen and oxygen atoms in total. The summed E-state index contributed by atoms with van der Waals surface area (Å²) in [4.78, 5) is 47.3. The van der Waals surface area contributed by atoms with E-state index in [1.54, 1.807) is 37.3 Å². The maximum Gasteiger partial charge on any atom is 0.344 e. The molecule has 0 aliphatic heterocycles.